The molecule has 0 saturated carbocycles. The highest BCUT2D eigenvalue weighted by atomic mass is 16.6. The maximum atomic E-state index is 11.5. The Bertz CT molecular complexity index is 241. The topological polar surface area (TPSA) is 88.2 Å². The van der Waals surface area contributed by atoms with E-state index in [9.17, 15) is 4.79 Å². The van der Waals surface area contributed by atoms with Gasteiger partial charge in [0.25, 0.3) is 0 Å². The summed E-state index contributed by atoms with van der Waals surface area (Å²) in [4.78, 5) is 13.1. The lowest BCUT2D eigenvalue weighted by atomic mass is 10.2. The molecule has 3 N–H and O–H groups in total. The molecule has 0 aliphatic rings. The van der Waals surface area contributed by atoms with Gasteiger partial charge in [0.1, 0.15) is 5.84 Å². The standard InChI is InChI=1S/C10H21N3O3/c1-4-16-10(14)13(7-8(2)3)6-5-9(11)12-15/h8,15H,4-7H2,1-3H3,(H2,11,12). The van der Waals surface area contributed by atoms with Crippen LogP contribution >= 0.6 is 0 Å². The number of oxime groups is 1. The third kappa shape index (κ3) is 6.10. The minimum Gasteiger partial charge on any atom is -0.450 e. The van der Waals surface area contributed by atoms with E-state index < -0.39 is 0 Å². The molecule has 0 unspecified atom stereocenters. The molecule has 0 atom stereocenters. The third-order valence-corrected chi connectivity index (χ3v) is 1.88. The van der Waals surface area contributed by atoms with E-state index in [0.717, 1.165) is 0 Å². The molecule has 94 valence electrons. The van der Waals surface area contributed by atoms with Crippen LogP contribution in [0.2, 0.25) is 0 Å². The Balaban J connectivity index is 4.25. The van der Waals surface area contributed by atoms with Crippen LogP contribution in [0.4, 0.5) is 4.79 Å². The summed E-state index contributed by atoms with van der Waals surface area (Å²) in [5.41, 5.74) is 5.35. The minimum atomic E-state index is -0.359. The first kappa shape index (κ1) is 14.5. The molecule has 0 aromatic rings. The summed E-state index contributed by atoms with van der Waals surface area (Å²) < 4.78 is 4.91. The monoisotopic (exact) mass is 231 g/mol. The normalized spacial score (nSPS) is 11.6. The number of nitrogens with two attached hydrogens (primary N) is 1. The number of rotatable bonds is 6. The number of carbonyl (C=O) groups excluding carboxylic acids is 1. The van der Waals surface area contributed by atoms with Gasteiger partial charge in [-0.2, -0.15) is 0 Å². The predicted octanol–water partition coefficient (Wildman–Crippen LogP) is 1.24. The highest BCUT2D eigenvalue weighted by Crippen LogP contribution is 2.02. The molecule has 0 heterocycles. The van der Waals surface area contributed by atoms with E-state index >= 15 is 0 Å². The van der Waals surface area contributed by atoms with Crippen molar-refractivity contribution in [3.63, 3.8) is 0 Å². The van der Waals surface area contributed by atoms with Gasteiger partial charge in [0.2, 0.25) is 0 Å². The molecule has 0 bridgehead atoms. The van der Waals surface area contributed by atoms with E-state index in [4.69, 9.17) is 15.7 Å². The van der Waals surface area contributed by atoms with Crippen LogP contribution in [0, 0.1) is 5.92 Å². The van der Waals surface area contributed by atoms with Crippen molar-refractivity contribution in [3.05, 3.63) is 0 Å². The first-order valence-corrected chi connectivity index (χ1v) is 5.39. The molecular weight excluding hydrogens is 210 g/mol. The predicted molar refractivity (Wildman–Crippen MR) is 61.5 cm³/mol. The van der Waals surface area contributed by atoms with Crippen molar-refractivity contribution >= 4 is 11.9 Å². The second-order valence-corrected chi connectivity index (χ2v) is 3.88. The fourth-order valence-electron chi connectivity index (χ4n) is 1.21. The molecule has 1 amide bonds. The molecule has 6 heteroatoms. The summed E-state index contributed by atoms with van der Waals surface area (Å²) >= 11 is 0. The van der Waals surface area contributed by atoms with Crippen LogP contribution in [-0.4, -0.2) is 41.7 Å². The highest BCUT2D eigenvalue weighted by molar-refractivity contribution is 5.80. The zero-order valence-electron chi connectivity index (χ0n) is 10.1. The number of amides is 1. The van der Waals surface area contributed by atoms with Gasteiger partial charge < -0.3 is 20.6 Å². The molecule has 6 nitrogen and oxygen atoms in total. The lowest BCUT2D eigenvalue weighted by Crippen LogP contribution is -2.37. The largest absolute Gasteiger partial charge is 0.450 e. The number of ether oxygens (including phenoxy) is 1. The van der Waals surface area contributed by atoms with Crippen molar-refractivity contribution in [1.82, 2.24) is 4.90 Å². The lowest BCUT2D eigenvalue weighted by Gasteiger charge is -2.23. The van der Waals surface area contributed by atoms with E-state index in [0.29, 0.717) is 32.0 Å². The van der Waals surface area contributed by atoms with Gasteiger partial charge in [0.05, 0.1) is 6.61 Å². The fraction of sp³-hybridized carbons (Fsp3) is 0.800. The van der Waals surface area contributed by atoms with Gasteiger partial charge in [-0.1, -0.05) is 19.0 Å². The van der Waals surface area contributed by atoms with Gasteiger partial charge in [-0.3, -0.25) is 0 Å². The maximum Gasteiger partial charge on any atom is 0.409 e. The van der Waals surface area contributed by atoms with Crippen LogP contribution in [0.25, 0.3) is 0 Å². The molecule has 0 radical (unpaired) electrons. The fourth-order valence-corrected chi connectivity index (χ4v) is 1.21. The summed E-state index contributed by atoms with van der Waals surface area (Å²) in [6, 6.07) is 0. The highest BCUT2D eigenvalue weighted by Gasteiger charge is 2.15. The molecule has 0 aliphatic heterocycles. The van der Waals surface area contributed by atoms with Crippen molar-refractivity contribution in [2.24, 2.45) is 16.8 Å². The average molecular weight is 231 g/mol. The number of hydrogen-bond acceptors (Lipinski definition) is 4. The molecule has 16 heavy (non-hydrogen) atoms. The summed E-state index contributed by atoms with van der Waals surface area (Å²) in [5, 5.41) is 11.3. The minimum absolute atomic E-state index is 0.109. The van der Waals surface area contributed by atoms with Crippen molar-refractivity contribution < 1.29 is 14.7 Å². The second-order valence-electron chi connectivity index (χ2n) is 3.88. The number of hydrogen-bond donors (Lipinski definition) is 2. The zero-order chi connectivity index (χ0) is 12.6. The summed E-state index contributed by atoms with van der Waals surface area (Å²) in [6.45, 7) is 7.11. The number of carbonyl (C=O) groups is 1. The molecule has 0 saturated heterocycles. The number of nitrogens with zero attached hydrogens (tertiary/aromatic N) is 2. The third-order valence-electron chi connectivity index (χ3n) is 1.88. The van der Waals surface area contributed by atoms with Crippen molar-refractivity contribution in [3.8, 4) is 0 Å². The van der Waals surface area contributed by atoms with Gasteiger partial charge >= 0.3 is 6.09 Å². The molecule has 0 aromatic heterocycles. The molecule has 0 spiro atoms. The maximum absolute atomic E-state index is 11.5. The average Bonchev–Trinajstić information content (AvgIpc) is 2.23. The van der Waals surface area contributed by atoms with E-state index in [1.54, 1.807) is 11.8 Å². The molecule has 0 aromatic carbocycles. The van der Waals surface area contributed by atoms with E-state index in [1.807, 2.05) is 13.8 Å². The van der Waals surface area contributed by atoms with Crippen LogP contribution in [-0.2, 0) is 4.74 Å². The van der Waals surface area contributed by atoms with Crippen molar-refractivity contribution in [1.29, 1.82) is 0 Å². The Labute approximate surface area is 96.0 Å². The summed E-state index contributed by atoms with van der Waals surface area (Å²) in [6.07, 6.45) is -0.0240. The summed E-state index contributed by atoms with van der Waals surface area (Å²) in [7, 11) is 0. The Morgan fingerprint density at radius 3 is 2.62 bits per heavy atom. The van der Waals surface area contributed by atoms with E-state index in [-0.39, 0.29) is 11.9 Å². The quantitative estimate of drug-likeness (QED) is 0.311. The Kier molecular flexibility index (Phi) is 7.07. The first-order chi connectivity index (χ1) is 7.51. The van der Waals surface area contributed by atoms with E-state index in [2.05, 4.69) is 5.16 Å². The van der Waals surface area contributed by atoms with Gasteiger partial charge in [-0.05, 0) is 12.8 Å². The van der Waals surface area contributed by atoms with Gasteiger partial charge in [-0.25, -0.2) is 4.79 Å². The SMILES string of the molecule is CCOC(=O)N(CCC(N)=NO)CC(C)C. The van der Waals surface area contributed by atoms with Crippen LogP contribution in [0.3, 0.4) is 0 Å². The van der Waals surface area contributed by atoms with Gasteiger partial charge in [0, 0.05) is 19.5 Å². The van der Waals surface area contributed by atoms with Crippen molar-refractivity contribution in [2.75, 3.05) is 19.7 Å². The van der Waals surface area contributed by atoms with Gasteiger partial charge in [0.15, 0.2) is 0 Å². The van der Waals surface area contributed by atoms with Crippen LogP contribution < -0.4 is 5.73 Å². The molecule has 0 rings (SSSR count). The summed E-state index contributed by atoms with van der Waals surface area (Å²) in [5.74, 6) is 0.453. The molecular formula is C10H21N3O3. The zero-order valence-corrected chi connectivity index (χ0v) is 10.1. The lowest BCUT2D eigenvalue weighted by molar-refractivity contribution is 0.103. The van der Waals surface area contributed by atoms with Crippen LogP contribution in [0.15, 0.2) is 5.16 Å². The number of amidine groups is 1. The van der Waals surface area contributed by atoms with Crippen molar-refractivity contribution in [2.45, 2.75) is 27.2 Å². The van der Waals surface area contributed by atoms with Crippen LogP contribution in [0.1, 0.15) is 27.2 Å². The van der Waals surface area contributed by atoms with E-state index in [1.165, 1.54) is 0 Å². The van der Waals surface area contributed by atoms with Crippen LogP contribution in [0.5, 0.6) is 0 Å². The second kappa shape index (κ2) is 7.78. The Hall–Kier alpha value is -1.46. The first-order valence-electron chi connectivity index (χ1n) is 5.39. The molecule has 0 fully saturated rings. The Morgan fingerprint density at radius 1 is 1.56 bits per heavy atom. The molecule has 0 aliphatic carbocycles. The van der Waals surface area contributed by atoms with Gasteiger partial charge in [-0.15, -0.1) is 0 Å². The Morgan fingerprint density at radius 2 is 2.19 bits per heavy atom. The smallest absolute Gasteiger partial charge is 0.409 e.